The summed E-state index contributed by atoms with van der Waals surface area (Å²) in [5.41, 5.74) is 2.71. The first kappa shape index (κ1) is 11.5. The monoisotopic (exact) mass is 236 g/mol. The van der Waals surface area contributed by atoms with Gasteiger partial charge in [0.25, 0.3) is 0 Å². The maximum Gasteiger partial charge on any atom is 0.303 e. The van der Waals surface area contributed by atoms with Crippen molar-refractivity contribution < 1.29 is 9.90 Å². The highest BCUT2D eigenvalue weighted by Gasteiger charge is 2.18. The summed E-state index contributed by atoms with van der Waals surface area (Å²) in [4.78, 5) is 11.8. The van der Waals surface area contributed by atoms with Gasteiger partial charge in [-0.15, -0.1) is 11.8 Å². The van der Waals surface area contributed by atoms with Crippen molar-refractivity contribution in [1.29, 1.82) is 0 Å². The molecule has 0 radical (unpaired) electrons. The predicted molar refractivity (Wildman–Crippen MR) is 66.0 cm³/mol. The number of carboxylic acid groups (broad SMARTS) is 1. The van der Waals surface area contributed by atoms with E-state index in [0.717, 1.165) is 19.3 Å². The Hall–Kier alpha value is -0.960. The van der Waals surface area contributed by atoms with Gasteiger partial charge in [-0.3, -0.25) is 4.79 Å². The molecule has 0 fully saturated rings. The van der Waals surface area contributed by atoms with Crippen LogP contribution in [0.2, 0.25) is 0 Å². The molecule has 2 nitrogen and oxygen atoms in total. The summed E-state index contributed by atoms with van der Waals surface area (Å²) in [7, 11) is 0. The average Bonchev–Trinajstić information content (AvgIpc) is 2.56. The lowest BCUT2D eigenvalue weighted by Crippen LogP contribution is -1.96. The van der Waals surface area contributed by atoms with Crippen molar-refractivity contribution >= 4 is 17.7 Å². The molecule has 0 saturated heterocycles. The predicted octanol–water partition coefficient (Wildman–Crippen LogP) is 3.13. The highest BCUT2D eigenvalue weighted by Crippen LogP contribution is 2.37. The topological polar surface area (TPSA) is 37.3 Å². The fourth-order valence-corrected chi connectivity index (χ4v) is 3.26. The van der Waals surface area contributed by atoms with Crippen LogP contribution in [-0.4, -0.2) is 16.3 Å². The van der Waals surface area contributed by atoms with Crippen LogP contribution >= 0.6 is 11.8 Å². The van der Waals surface area contributed by atoms with E-state index < -0.39 is 5.97 Å². The van der Waals surface area contributed by atoms with E-state index in [-0.39, 0.29) is 6.42 Å². The maximum atomic E-state index is 10.4. The first-order valence-corrected chi connectivity index (χ1v) is 6.53. The van der Waals surface area contributed by atoms with Gasteiger partial charge in [-0.2, -0.15) is 0 Å². The van der Waals surface area contributed by atoms with E-state index in [0.29, 0.717) is 5.25 Å². The Labute approximate surface area is 100 Å². The molecule has 0 saturated carbocycles. The number of fused-ring (bicyclic) bond motifs is 1. The van der Waals surface area contributed by atoms with Gasteiger partial charge < -0.3 is 5.11 Å². The summed E-state index contributed by atoms with van der Waals surface area (Å²) in [6, 6.07) is 6.56. The summed E-state index contributed by atoms with van der Waals surface area (Å²) >= 11 is 1.93. The van der Waals surface area contributed by atoms with E-state index >= 15 is 0 Å². The van der Waals surface area contributed by atoms with Gasteiger partial charge in [0.2, 0.25) is 0 Å². The van der Waals surface area contributed by atoms with E-state index in [9.17, 15) is 4.79 Å². The number of hydrogen-bond acceptors (Lipinski definition) is 2. The minimum Gasteiger partial charge on any atom is -0.481 e. The number of carbonyl (C=O) groups is 1. The van der Waals surface area contributed by atoms with Crippen LogP contribution in [0.5, 0.6) is 0 Å². The molecule has 86 valence electrons. The van der Waals surface area contributed by atoms with Crippen molar-refractivity contribution in [3.05, 3.63) is 29.3 Å². The third-order valence-electron chi connectivity index (χ3n) is 2.82. The number of thioether (sulfide) groups is 1. The van der Waals surface area contributed by atoms with Gasteiger partial charge in [0, 0.05) is 16.6 Å². The van der Waals surface area contributed by atoms with E-state index in [4.69, 9.17) is 5.11 Å². The molecule has 1 aliphatic rings. The second-order valence-electron chi connectivity index (χ2n) is 4.32. The lowest BCUT2D eigenvalue weighted by atomic mass is 10.0. The smallest absolute Gasteiger partial charge is 0.303 e. The van der Waals surface area contributed by atoms with Gasteiger partial charge in [0.1, 0.15) is 0 Å². The minimum atomic E-state index is -0.704. The molecule has 0 spiro atoms. The van der Waals surface area contributed by atoms with E-state index in [1.54, 1.807) is 0 Å². The van der Waals surface area contributed by atoms with Crippen LogP contribution < -0.4 is 0 Å². The second-order valence-corrected chi connectivity index (χ2v) is 5.80. The second kappa shape index (κ2) is 4.91. The number of aryl methyl sites for hydroxylation is 1. The first-order chi connectivity index (χ1) is 7.65. The number of rotatable bonds is 4. The molecular formula is C13H16O2S. The Morgan fingerprint density at radius 1 is 1.56 bits per heavy atom. The van der Waals surface area contributed by atoms with Crippen LogP contribution in [0.15, 0.2) is 23.1 Å². The molecular weight excluding hydrogens is 220 g/mol. The molecule has 0 aromatic heterocycles. The number of carboxylic acids is 1. The summed E-state index contributed by atoms with van der Waals surface area (Å²) in [6.45, 7) is 2.24. The molecule has 0 amide bonds. The van der Waals surface area contributed by atoms with E-state index in [1.165, 1.54) is 16.0 Å². The molecule has 1 atom stereocenters. The Bertz CT molecular complexity index is 401. The van der Waals surface area contributed by atoms with Crippen molar-refractivity contribution in [1.82, 2.24) is 0 Å². The summed E-state index contributed by atoms with van der Waals surface area (Å²) in [5, 5.41) is 9.26. The summed E-state index contributed by atoms with van der Waals surface area (Å²) in [5.74, 6) is -0.704. The fourth-order valence-electron chi connectivity index (χ4n) is 2.04. The molecule has 0 aliphatic carbocycles. The van der Waals surface area contributed by atoms with Crippen LogP contribution in [0, 0.1) is 0 Å². The Morgan fingerprint density at radius 3 is 3.12 bits per heavy atom. The maximum absolute atomic E-state index is 10.4. The average molecular weight is 236 g/mol. The van der Waals surface area contributed by atoms with Crippen molar-refractivity contribution in [2.75, 3.05) is 0 Å². The zero-order valence-corrected chi connectivity index (χ0v) is 10.2. The third kappa shape index (κ3) is 2.79. The zero-order valence-electron chi connectivity index (χ0n) is 9.40. The Morgan fingerprint density at radius 2 is 2.38 bits per heavy atom. The van der Waals surface area contributed by atoms with Crippen LogP contribution in [0.3, 0.4) is 0 Å². The molecule has 0 bridgehead atoms. The van der Waals surface area contributed by atoms with Crippen molar-refractivity contribution in [3.8, 4) is 0 Å². The highest BCUT2D eigenvalue weighted by molar-refractivity contribution is 8.00. The van der Waals surface area contributed by atoms with Gasteiger partial charge in [-0.05, 0) is 36.5 Å². The molecule has 1 unspecified atom stereocenters. The SMILES string of the molecule is CC1Cc2ccc(CCCC(=O)O)cc2S1. The first-order valence-electron chi connectivity index (χ1n) is 5.65. The van der Waals surface area contributed by atoms with Crippen molar-refractivity contribution in [3.63, 3.8) is 0 Å². The largest absolute Gasteiger partial charge is 0.481 e. The molecule has 3 heteroatoms. The lowest BCUT2D eigenvalue weighted by molar-refractivity contribution is -0.137. The van der Waals surface area contributed by atoms with Crippen molar-refractivity contribution in [2.24, 2.45) is 0 Å². The standard InChI is InChI=1S/C13H16O2S/c1-9-7-11-6-5-10(8-12(11)16-9)3-2-4-13(14)15/h5-6,8-9H,2-4,7H2,1H3,(H,14,15). The van der Waals surface area contributed by atoms with Crippen LogP contribution in [0.1, 0.15) is 30.9 Å². The molecule has 1 aromatic carbocycles. The van der Waals surface area contributed by atoms with Gasteiger partial charge in [0.05, 0.1) is 0 Å². The van der Waals surface area contributed by atoms with E-state index in [2.05, 4.69) is 25.1 Å². The quantitative estimate of drug-likeness (QED) is 0.872. The summed E-state index contributed by atoms with van der Waals surface area (Å²) in [6.07, 6.45) is 3.03. The molecule has 1 N–H and O–H groups in total. The Balaban J connectivity index is 1.97. The molecule has 1 heterocycles. The van der Waals surface area contributed by atoms with Crippen LogP contribution in [0.4, 0.5) is 0 Å². The fraction of sp³-hybridized carbons (Fsp3) is 0.462. The Kier molecular flexibility index (Phi) is 3.54. The van der Waals surface area contributed by atoms with Gasteiger partial charge >= 0.3 is 5.97 Å². The number of hydrogen-bond donors (Lipinski definition) is 1. The number of benzene rings is 1. The van der Waals surface area contributed by atoms with Gasteiger partial charge in [0.15, 0.2) is 0 Å². The van der Waals surface area contributed by atoms with Crippen molar-refractivity contribution in [2.45, 2.75) is 42.8 Å². The summed E-state index contributed by atoms with van der Waals surface area (Å²) < 4.78 is 0. The van der Waals surface area contributed by atoms with Gasteiger partial charge in [-0.1, -0.05) is 19.1 Å². The van der Waals surface area contributed by atoms with Crippen LogP contribution in [0.25, 0.3) is 0 Å². The normalized spacial score (nSPS) is 18.4. The minimum absolute atomic E-state index is 0.265. The molecule has 1 aromatic rings. The lowest BCUT2D eigenvalue weighted by Gasteiger charge is -2.03. The molecule has 1 aliphatic heterocycles. The molecule has 16 heavy (non-hydrogen) atoms. The van der Waals surface area contributed by atoms with E-state index in [1.807, 2.05) is 11.8 Å². The van der Waals surface area contributed by atoms with Crippen LogP contribution in [-0.2, 0) is 17.6 Å². The van der Waals surface area contributed by atoms with Gasteiger partial charge in [-0.25, -0.2) is 0 Å². The molecule has 2 rings (SSSR count). The zero-order chi connectivity index (χ0) is 11.5. The third-order valence-corrected chi connectivity index (χ3v) is 4.03. The number of aliphatic carboxylic acids is 1. The highest BCUT2D eigenvalue weighted by atomic mass is 32.2.